The minimum Gasteiger partial charge on any atom is -0.504 e. The average Bonchev–Trinajstić information content (AvgIpc) is 2.96. The Balaban J connectivity index is 1.78. The zero-order valence-corrected chi connectivity index (χ0v) is 21.3. The van der Waals surface area contributed by atoms with Crippen LogP contribution in [0, 0.1) is 0 Å². The number of thioether (sulfide) groups is 1. The standard InChI is InChI=1S/C24H25BrN4O4S/c1-3-4-5-8-11-34-24-26-22-20(27-28-24)16-9-6-7-10-18(16)29(14(2)30)23(33-22)15-12-17(25)21(32)19(31)13-15/h6-7,9-10,12-13,23,31-32H,3-5,8,11H2,1-2H3. The summed E-state index contributed by atoms with van der Waals surface area (Å²) in [6.45, 7) is 3.62. The highest BCUT2D eigenvalue weighted by Gasteiger charge is 2.35. The highest BCUT2D eigenvalue weighted by Crippen LogP contribution is 2.45. The summed E-state index contributed by atoms with van der Waals surface area (Å²) in [5.74, 6) is 0.221. The topological polar surface area (TPSA) is 109 Å². The van der Waals surface area contributed by atoms with Crippen LogP contribution in [0.1, 0.15) is 51.3 Å². The summed E-state index contributed by atoms with van der Waals surface area (Å²) in [6, 6.07) is 10.3. The van der Waals surface area contributed by atoms with Gasteiger partial charge in [-0.1, -0.05) is 56.1 Å². The van der Waals surface area contributed by atoms with E-state index in [1.54, 1.807) is 12.1 Å². The van der Waals surface area contributed by atoms with Gasteiger partial charge in [-0.25, -0.2) is 0 Å². The molecule has 10 heteroatoms. The number of hydrogen-bond acceptors (Lipinski definition) is 8. The predicted molar refractivity (Wildman–Crippen MR) is 134 cm³/mol. The molecule has 1 unspecified atom stereocenters. The number of anilines is 1. The van der Waals surface area contributed by atoms with E-state index in [-0.39, 0.29) is 27.8 Å². The van der Waals surface area contributed by atoms with E-state index in [2.05, 4.69) is 38.0 Å². The van der Waals surface area contributed by atoms with Crippen molar-refractivity contribution >= 4 is 39.3 Å². The Morgan fingerprint density at radius 3 is 2.71 bits per heavy atom. The molecular weight excluding hydrogens is 520 g/mol. The minimum atomic E-state index is -0.957. The first-order chi connectivity index (χ1) is 16.4. The lowest BCUT2D eigenvalue weighted by molar-refractivity contribution is -0.118. The van der Waals surface area contributed by atoms with Crippen LogP contribution in [0.15, 0.2) is 46.0 Å². The summed E-state index contributed by atoms with van der Waals surface area (Å²) >= 11 is 4.77. The molecule has 1 amide bonds. The summed E-state index contributed by atoms with van der Waals surface area (Å²) < 4.78 is 6.57. The third kappa shape index (κ3) is 4.97. The van der Waals surface area contributed by atoms with Gasteiger partial charge in [-0.15, -0.1) is 10.2 Å². The van der Waals surface area contributed by atoms with Crippen molar-refractivity contribution < 1.29 is 19.7 Å². The molecule has 1 atom stereocenters. The molecule has 34 heavy (non-hydrogen) atoms. The SMILES string of the molecule is CCCCCCSc1nnc2c(n1)OC(c1cc(O)c(O)c(Br)c1)N(C(C)=O)c1ccccc1-2. The maximum absolute atomic E-state index is 12.8. The smallest absolute Gasteiger partial charge is 0.247 e. The number of rotatable bonds is 7. The van der Waals surface area contributed by atoms with Crippen LogP contribution in [-0.2, 0) is 4.79 Å². The van der Waals surface area contributed by atoms with E-state index in [4.69, 9.17) is 4.74 Å². The summed E-state index contributed by atoms with van der Waals surface area (Å²) in [4.78, 5) is 19.0. The Kier molecular flexibility index (Phi) is 7.57. The summed E-state index contributed by atoms with van der Waals surface area (Å²) in [5.41, 5.74) is 2.13. The quantitative estimate of drug-likeness (QED) is 0.217. The van der Waals surface area contributed by atoms with Crippen LogP contribution in [-0.4, -0.2) is 37.1 Å². The third-order valence-corrected chi connectivity index (χ3v) is 6.96. The molecule has 0 saturated carbocycles. The second-order valence-electron chi connectivity index (χ2n) is 7.90. The molecule has 0 aliphatic carbocycles. The maximum Gasteiger partial charge on any atom is 0.247 e. The second-order valence-corrected chi connectivity index (χ2v) is 9.82. The van der Waals surface area contributed by atoms with Gasteiger partial charge in [-0.05, 0) is 40.5 Å². The van der Waals surface area contributed by atoms with Crippen LogP contribution in [0.25, 0.3) is 11.3 Å². The van der Waals surface area contributed by atoms with Gasteiger partial charge in [0.15, 0.2) is 17.2 Å². The van der Waals surface area contributed by atoms with Crippen LogP contribution in [0.3, 0.4) is 0 Å². The fourth-order valence-corrected chi connectivity index (χ4v) is 5.01. The maximum atomic E-state index is 12.8. The number of unbranched alkanes of at least 4 members (excludes halogenated alkanes) is 3. The van der Waals surface area contributed by atoms with E-state index in [9.17, 15) is 15.0 Å². The molecule has 0 saturated heterocycles. The van der Waals surface area contributed by atoms with E-state index in [0.717, 1.165) is 18.6 Å². The van der Waals surface area contributed by atoms with Crippen LogP contribution in [0.2, 0.25) is 0 Å². The number of para-hydroxylation sites is 1. The number of benzene rings is 2. The lowest BCUT2D eigenvalue weighted by Crippen LogP contribution is -2.36. The molecule has 1 aliphatic heterocycles. The largest absolute Gasteiger partial charge is 0.504 e. The summed E-state index contributed by atoms with van der Waals surface area (Å²) in [7, 11) is 0. The number of carbonyl (C=O) groups excluding carboxylic acids is 1. The number of hydrogen-bond donors (Lipinski definition) is 2. The van der Waals surface area contributed by atoms with Gasteiger partial charge in [0.1, 0.15) is 0 Å². The lowest BCUT2D eigenvalue weighted by atomic mass is 10.1. The van der Waals surface area contributed by atoms with Crippen LogP contribution < -0.4 is 9.64 Å². The minimum absolute atomic E-state index is 0.246. The van der Waals surface area contributed by atoms with Crippen molar-refractivity contribution in [1.82, 2.24) is 15.2 Å². The highest BCUT2D eigenvalue weighted by molar-refractivity contribution is 9.10. The predicted octanol–water partition coefficient (Wildman–Crippen LogP) is 5.83. The number of nitrogens with zero attached hydrogens (tertiary/aromatic N) is 4. The molecule has 0 fully saturated rings. The van der Waals surface area contributed by atoms with Gasteiger partial charge in [0, 0.05) is 23.8 Å². The van der Waals surface area contributed by atoms with Crippen LogP contribution in [0.5, 0.6) is 17.4 Å². The molecule has 2 heterocycles. The first-order valence-corrected chi connectivity index (χ1v) is 12.8. The first-order valence-electron chi connectivity index (χ1n) is 11.1. The normalized spacial score (nSPS) is 14.7. The van der Waals surface area contributed by atoms with Crippen molar-refractivity contribution in [3.8, 4) is 28.6 Å². The summed E-state index contributed by atoms with van der Waals surface area (Å²) in [5, 5.41) is 29.4. The van der Waals surface area contributed by atoms with Gasteiger partial charge in [-0.2, -0.15) is 4.98 Å². The van der Waals surface area contributed by atoms with Crippen molar-refractivity contribution in [2.24, 2.45) is 0 Å². The fraction of sp³-hybridized carbons (Fsp3) is 0.333. The Morgan fingerprint density at radius 1 is 1.18 bits per heavy atom. The highest BCUT2D eigenvalue weighted by atomic mass is 79.9. The van der Waals surface area contributed by atoms with Gasteiger partial charge in [0.05, 0.1) is 10.2 Å². The molecule has 2 N–H and O–H groups in total. The van der Waals surface area contributed by atoms with Crippen LogP contribution >= 0.6 is 27.7 Å². The lowest BCUT2D eigenvalue weighted by Gasteiger charge is -2.30. The van der Waals surface area contributed by atoms with Gasteiger partial charge in [0.25, 0.3) is 0 Å². The molecule has 0 radical (unpaired) electrons. The number of aromatic nitrogens is 3. The molecule has 178 valence electrons. The molecule has 2 aromatic carbocycles. The number of carbonyl (C=O) groups is 1. The average molecular weight is 545 g/mol. The third-order valence-electron chi connectivity index (χ3n) is 5.43. The Hall–Kier alpha value is -2.85. The van der Waals surface area contributed by atoms with E-state index < -0.39 is 6.23 Å². The molecule has 0 bridgehead atoms. The van der Waals surface area contributed by atoms with E-state index in [1.165, 1.54) is 42.5 Å². The molecular formula is C24H25BrN4O4S. The van der Waals surface area contributed by atoms with Crippen molar-refractivity contribution in [3.63, 3.8) is 0 Å². The number of fused-ring (bicyclic) bond motifs is 3. The Bertz CT molecular complexity index is 1190. The number of ether oxygens (including phenoxy) is 1. The van der Waals surface area contributed by atoms with Gasteiger partial charge >= 0.3 is 0 Å². The number of halogens is 1. The van der Waals surface area contributed by atoms with Crippen LogP contribution in [0.4, 0.5) is 5.69 Å². The molecule has 3 aromatic rings. The Morgan fingerprint density at radius 2 is 1.97 bits per heavy atom. The first kappa shape index (κ1) is 24.3. The van der Waals surface area contributed by atoms with E-state index in [0.29, 0.717) is 27.7 Å². The van der Waals surface area contributed by atoms with Crippen molar-refractivity contribution in [2.45, 2.75) is 50.9 Å². The molecule has 0 spiro atoms. The second kappa shape index (κ2) is 10.6. The molecule has 1 aromatic heterocycles. The monoisotopic (exact) mass is 544 g/mol. The fourth-order valence-electron chi connectivity index (χ4n) is 3.77. The van der Waals surface area contributed by atoms with Gasteiger partial charge in [-0.3, -0.25) is 9.69 Å². The summed E-state index contributed by atoms with van der Waals surface area (Å²) in [6.07, 6.45) is 3.62. The molecule has 4 rings (SSSR count). The van der Waals surface area contributed by atoms with Crippen molar-refractivity contribution in [2.75, 3.05) is 10.7 Å². The Labute approximate surface area is 210 Å². The van der Waals surface area contributed by atoms with Gasteiger partial charge < -0.3 is 14.9 Å². The molecule has 8 nitrogen and oxygen atoms in total. The number of amides is 1. The number of aromatic hydroxyl groups is 2. The van der Waals surface area contributed by atoms with E-state index in [1.807, 2.05) is 18.2 Å². The number of phenolic OH excluding ortho intramolecular Hbond substituents is 2. The number of phenols is 2. The molecule has 1 aliphatic rings. The van der Waals surface area contributed by atoms with Gasteiger partial charge in [0.2, 0.25) is 23.2 Å². The van der Waals surface area contributed by atoms with E-state index >= 15 is 0 Å². The zero-order valence-electron chi connectivity index (χ0n) is 18.9. The van der Waals surface area contributed by atoms with Crippen molar-refractivity contribution in [3.05, 3.63) is 46.4 Å². The van der Waals surface area contributed by atoms with Crippen molar-refractivity contribution in [1.29, 1.82) is 0 Å². The zero-order chi connectivity index (χ0) is 24.2.